The lowest BCUT2D eigenvalue weighted by Crippen LogP contribution is -2.41. The number of aliphatic hydroxyl groups is 1. The molecule has 0 fully saturated rings. The summed E-state index contributed by atoms with van der Waals surface area (Å²) in [5, 5.41) is 23.7. The maximum Gasteiger partial charge on any atom is 0.326 e. The molecule has 19 heavy (non-hydrogen) atoms. The fourth-order valence-electron chi connectivity index (χ4n) is 1.75. The molecule has 1 heterocycles. The summed E-state index contributed by atoms with van der Waals surface area (Å²) >= 11 is 0. The first kappa shape index (κ1) is 15.2. The fourth-order valence-corrected chi connectivity index (χ4v) is 1.75. The summed E-state index contributed by atoms with van der Waals surface area (Å²) in [5.41, 5.74) is 1.60. The molecule has 1 rings (SSSR count). The molecular formula is C12H18N2O5. The number of carbonyl (C=O) groups is 2. The molecule has 1 aromatic rings. The largest absolute Gasteiger partial charge is 0.480 e. The van der Waals surface area contributed by atoms with Gasteiger partial charge in [-0.25, -0.2) is 4.79 Å². The minimum absolute atomic E-state index is 0.00754. The Balaban J connectivity index is 2.49. The molecule has 1 amide bonds. The first-order chi connectivity index (χ1) is 8.95. The number of aliphatic hydroxyl groups excluding tert-OH is 1. The zero-order valence-corrected chi connectivity index (χ0v) is 11.0. The molecule has 0 saturated heterocycles. The molecule has 0 spiro atoms. The van der Waals surface area contributed by atoms with E-state index < -0.39 is 12.0 Å². The van der Waals surface area contributed by atoms with Crippen LogP contribution in [0.5, 0.6) is 0 Å². The Morgan fingerprint density at radius 3 is 2.58 bits per heavy atom. The summed E-state index contributed by atoms with van der Waals surface area (Å²) in [6, 6.07) is -1.05. The van der Waals surface area contributed by atoms with Crippen molar-refractivity contribution in [2.75, 3.05) is 6.61 Å². The van der Waals surface area contributed by atoms with Crippen molar-refractivity contribution in [1.29, 1.82) is 0 Å². The Hall–Kier alpha value is -1.89. The molecule has 0 aliphatic heterocycles. The van der Waals surface area contributed by atoms with Crippen LogP contribution in [0.25, 0.3) is 0 Å². The Bertz CT molecular complexity index is 435. The van der Waals surface area contributed by atoms with Crippen LogP contribution in [0.1, 0.15) is 29.9 Å². The molecule has 0 radical (unpaired) electrons. The van der Waals surface area contributed by atoms with E-state index in [2.05, 4.69) is 10.5 Å². The number of hydrogen-bond donors (Lipinski definition) is 3. The highest BCUT2D eigenvalue weighted by atomic mass is 16.5. The number of carbonyl (C=O) groups excluding carboxylic acids is 1. The van der Waals surface area contributed by atoms with Gasteiger partial charge in [-0.2, -0.15) is 0 Å². The van der Waals surface area contributed by atoms with Crippen LogP contribution >= 0.6 is 0 Å². The number of carboxylic acid groups (broad SMARTS) is 1. The number of nitrogens with one attached hydrogen (secondary N) is 1. The van der Waals surface area contributed by atoms with E-state index in [9.17, 15) is 9.59 Å². The number of amides is 1. The minimum Gasteiger partial charge on any atom is -0.480 e. The molecule has 7 heteroatoms. The SMILES string of the molecule is Cc1noc(C)c1CCC(=O)NC(CCO)C(=O)O. The summed E-state index contributed by atoms with van der Waals surface area (Å²) in [4.78, 5) is 22.5. The van der Waals surface area contributed by atoms with Gasteiger partial charge in [-0.3, -0.25) is 4.79 Å². The van der Waals surface area contributed by atoms with E-state index in [1.807, 2.05) is 0 Å². The third kappa shape index (κ3) is 4.36. The van der Waals surface area contributed by atoms with Gasteiger partial charge in [0, 0.05) is 25.0 Å². The third-order valence-corrected chi connectivity index (χ3v) is 2.83. The smallest absolute Gasteiger partial charge is 0.326 e. The van der Waals surface area contributed by atoms with Gasteiger partial charge in [0.2, 0.25) is 5.91 Å². The molecule has 3 N–H and O–H groups in total. The molecule has 7 nitrogen and oxygen atoms in total. The highest BCUT2D eigenvalue weighted by Crippen LogP contribution is 2.14. The molecule has 0 aliphatic carbocycles. The van der Waals surface area contributed by atoms with E-state index >= 15 is 0 Å². The number of nitrogens with zero attached hydrogens (tertiary/aromatic N) is 1. The molecule has 1 atom stereocenters. The van der Waals surface area contributed by atoms with Gasteiger partial charge < -0.3 is 20.1 Å². The second-order valence-corrected chi connectivity index (χ2v) is 4.27. The quantitative estimate of drug-likeness (QED) is 0.651. The molecule has 1 unspecified atom stereocenters. The average molecular weight is 270 g/mol. The van der Waals surface area contributed by atoms with Crippen LogP contribution in [0.2, 0.25) is 0 Å². The van der Waals surface area contributed by atoms with Crippen LogP contribution in [0, 0.1) is 13.8 Å². The first-order valence-corrected chi connectivity index (χ1v) is 6.00. The van der Waals surface area contributed by atoms with Crippen molar-refractivity contribution < 1.29 is 24.3 Å². The van der Waals surface area contributed by atoms with Crippen LogP contribution in [0.3, 0.4) is 0 Å². The van der Waals surface area contributed by atoms with Crippen LogP contribution in [-0.2, 0) is 16.0 Å². The summed E-state index contributed by atoms with van der Waals surface area (Å²) in [7, 11) is 0. The van der Waals surface area contributed by atoms with Gasteiger partial charge in [0.1, 0.15) is 11.8 Å². The number of aliphatic carboxylic acids is 1. The van der Waals surface area contributed by atoms with Crippen molar-refractivity contribution in [3.05, 3.63) is 17.0 Å². The fraction of sp³-hybridized carbons (Fsp3) is 0.583. The van der Waals surface area contributed by atoms with Gasteiger partial charge in [-0.1, -0.05) is 5.16 Å². The zero-order chi connectivity index (χ0) is 14.4. The summed E-state index contributed by atoms with van der Waals surface area (Å²) in [6.07, 6.45) is 0.586. The van der Waals surface area contributed by atoms with Gasteiger partial charge >= 0.3 is 5.97 Å². The number of hydrogen-bond acceptors (Lipinski definition) is 5. The molecule has 0 aromatic carbocycles. The van der Waals surface area contributed by atoms with Crippen LogP contribution in [-0.4, -0.2) is 39.9 Å². The molecule has 0 saturated carbocycles. The van der Waals surface area contributed by atoms with E-state index in [-0.39, 0.29) is 25.4 Å². The molecule has 1 aromatic heterocycles. The summed E-state index contributed by atoms with van der Waals surface area (Å²) in [5.74, 6) is -0.865. The second kappa shape index (κ2) is 6.89. The Morgan fingerprint density at radius 1 is 1.42 bits per heavy atom. The molecule has 0 aliphatic rings. The van der Waals surface area contributed by atoms with Crippen molar-refractivity contribution in [1.82, 2.24) is 10.5 Å². The van der Waals surface area contributed by atoms with Crippen molar-refractivity contribution in [2.45, 2.75) is 39.2 Å². The van der Waals surface area contributed by atoms with E-state index in [0.29, 0.717) is 12.2 Å². The predicted molar refractivity (Wildman–Crippen MR) is 65.6 cm³/mol. The van der Waals surface area contributed by atoms with E-state index in [1.165, 1.54) is 0 Å². The van der Waals surface area contributed by atoms with Gasteiger partial charge in [-0.15, -0.1) is 0 Å². The molecule has 0 bridgehead atoms. The van der Waals surface area contributed by atoms with Gasteiger partial charge in [0.05, 0.1) is 5.69 Å². The second-order valence-electron chi connectivity index (χ2n) is 4.27. The summed E-state index contributed by atoms with van der Waals surface area (Å²) in [6.45, 7) is 3.26. The number of rotatable bonds is 7. The van der Waals surface area contributed by atoms with Crippen molar-refractivity contribution in [3.8, 4) is 0 Å². The molecule has 106 valence electrons. The maximum absolute atomic E-state index is 11.6. The van der Waals surface area contributed by atoms with E-state index in [1.54, 1.807) is 13.8 Å². The predicted octanol–water partition coefficient (Wildman–Crippen LogP) is 0.176. The Labute approximate surface area is 110 Å². The van der Waals surface area contributed by atoms with Gasteiger partial charge in [0.25, 0.3) is 0 Å². The van der Waals surface area contributed by atoms with Crippen molar-refractivity contribution in [2.24, 2.45) is 0 Å². The monoisotopic (exact) mass is 270 g/mol. The third-order valence-electron chi connectivity index (χ3n) is 2.83. The lowest BCUT2D eigenvalue weighted by Gasteiger charge is -2.12. The van der Waals surface area contributed by atoms with Crippen LogP contribution < -0.4 is 5.32 Å². The zero-order valence-electron chi connectivity index (χ0n) is 11.0. The van der Waals surface area contributed by atoms with Crippen LogP contribution in [0.15, 0.2) is 4.52 Å². The maximum atomic E-state index is 11.6. The van der Waals surface area contributed by atoms with Crippen molar-refractivity contribution in [3.63, 3.8) is 0 Å². The highest BCUT2D eigenvalue weighted by Gasteiger charge is 2.19. The highest BCUT2D eigenvalue weighted by molar-refractivity contribution is 5.83. The first-order valence-electron chi connectivity index (χ1n) is 6.00. The van der Waals surface area contributed by atoms with Gasteiger partial charge in [0.15, 0.2) is 0 Å². The van der Waals surface area contributed by atoms with Gasteiger partial charge in [-0.05, 0) is 20.3 Å². The topological polar surface area (TPSA) is 113 Å². The van der Waals surface area contributed by atoms with Crippen molar-refractivity contribution >= 4 is 11.9 Å². The van der Waals surface area contributed by atoms with Crippen LogP contribution in [0.4, 0.5) is 0 Å². The standard InChI is InChI=1S/C12H18N2O5/c1-7-9(8(2)19-14-7)3-4-11(16)13-10(5-6-15)12(17)18/h10,15H,3-6H2,1-2H3,(H,13,16)(H,17,18). The lowest BCUT2D eigenvalue weighted by molar-refractivity contribution is -0.142. The van der Waals surface area contributed by atoms with E-state index in [4.69, 9.17) is 14.7 Å². The Morgan fingerprint density at radius 2 is 2.11 bits per heavy atom. The lowest BCUT2D eigenvalue weighted by atomic mass is 10.1. The minimum atomic E-state index is -1.15. The Kier molecular flexibility index (Phi) is 5.50. The average Bonchev–Trinajstić information content (AvgIpc) is 2.66. The number of aryl methyl sites for hydroxylation is 2. The number of carboxylic acids is 1. The number of aromatic nitrogens is 1. The molecular weight excluding hydrogens is 252 g/mol. The normalized spacial score (nSPS) is 12.2. The van der Waals surface area contributed by atoms with E-state index in [0.717, 1.165) is 11.3 Å². The summed E-state index contributed by atoms with van der Waals surface area (Å²) < 4.78 is 4.98.